The van der Waals surface area contributed by atoms with E-state index in [1.807, 2.05) is 39.0 Å². The fourth-order valence-corrected chi connectivity index (χ4v) is 3.27. The van der Waals surface area contributed by atoms with Crippen LogP contribution >= 0.6 is 11.6 Å². The van der Waals surface area contributed by atoms with Gasteiger partial charge in [-0.15, -0.1) is 0 Å². The summed E-state index contributed by atoms with van der Waals surface area (Å²) >= 11 is 6.34. The normalized spacial score (nSPS) is 12.2. The van der Waals surface area contributed by atoms with E-state index in [1.165, 1.54) is 0 Å². The number of pyridine rings is 1. The molecule has 3 aromatic heterocycles. The highest BCUT2D eigenvalue weighted by Gasteiger charge is 2.25. The summed E-state index contributed by atoms with van der Waals surface area (Å²) in [6.45, 7) is 5.69. The van der Waals surface area contributed by atoms with Crippen LogP contribution in [0.4, 0.5) is 5.82 Å². The number of ether oxygens (including phenoxy) is 2. The first kappa shape index (κ1) is 22.6. The van der Waals surface area contributed by atoms with Crippen molar-refractivity contribution in [3.8, 4) is 17.3 Å². The van der Waals surface area contributed by atoms with Crippen LogP contribution < -0.4 is 10.1 Å². The lowest BCUT2D eigenvalue weighted by molar-refractivity contribution is -0.126. The predicted molar refractivity (Wildman–Crippen MR) is 125 cm³/mol. The van der Waals surface area contributed by atoms with Gasteiger partial charge in [0.1, 0.15) is 11.2 Å². The summed E-state index contributed by atoms with van der Waals surface area (Å²) in [5.41, 5.74) is 2.06. The van der Waals surface area contributed by atoms with Gasteiger partial charge >= 0.3 is 0 Å². The number of hydrogen-bond donors (Lipinski definition) is 2. The van der Waals surface area contributed by atoms with Crippen molar-refractivity contribution in [1.82, 2.24) is 25.1 Å². The van der Waals surface area contributed by atoms with Gasteiger partial charge in [0.05, 0.1) is 23.9 Å². The number of H-pyrrole nitrogens is 1. The molecule has 170 valence electrons. The van der Waals surface area contributed by atoms with Crippen molar-refractivity contribution in [2.24, 2.45) is 0 Å². The average Bonchev–Trinajstić information content (AvgIpc) is 3.25. The molecule has 0 aliphatic carbocycles. The highest BCUT2D eigenvalue weighted by molar-refractivity contribution is 6.33. The van der Waals surface area contributed by atoms with E-state index >= 15 is 0 Å². The first-order valence-corrected chi connectivity index (χ1v) is 10.8. The molecule has 33 heavy (non-hydrogen) atoms. The molecule has 0 bridgehead atoms. The lowest BCUT2D eigenvalue weighted by atomic mass is 10.2. The van der Waals surface area contributed by atoms with Crippen molar-refractivity contribution in [3.63, 3.8) is 0 Å². The Morgan fingerprint density at radius 3 is 2.79 bits per heavy atom. The van der Waals surface area contributed by atoms with Gasteiger partial charge in [0, 0.05) is 11.8 Å². The van der Waals surface area contributed by atoms with Gasteiger partial charge < -0.3 is 14.8 Å². The van der Waals surface area contributed by atoms with E-state index in [-0.39, 0.29) is 18.6 Å². The van der Waals surface area contributed by atoms with E-state index in [4.69, 9.17) is 21.1 Å². The zero-order valence-electron chi connectivity index (χ0n) is 18.4. The van der Waals surface area contributed by atoms with Crippen LogP contribution in [0.1, 0.15) is 19.4 Å². The van der Waals surface area contributed by atoms with Gasteiger partial charge in [-0.2, -0.15) is 10.1 Å². The fraction of sp³-hybridized carbons (Fsp3) is 0.261. The van der Waals surface area contributed by atoms with E-state index < -0.39 is 12.0 Å². The second kappa shape index (κ2) is 9.93. The largest absolute Gasteiger partial charge is 0.461 e. The average molecular weight is 467 g/mol. The van der Waals surface area contributed by atoms with Crippen LogP contribution in [0.2, 0.25) is 5.02 Å². The molecule has 0 aliphatic rings. The fourth-order valence-electron chi connectivity index (χ4n) is 3.05. The number of carbonyl (C=O) groups excluding carboxylic acids is 1. The molecule has 0 aliphatic heterocycles. The third-order valence-corrected chi connectivity index (χ3v) is 5.01. The van der Waals surface area contributed by atoms with Crippen LogP contribution in [0.15, 0.2) is 48.8 Å². The monoisotopic (exact) mass is 466 g/mol. The Morgan fingerprint density at radius 1 is 1.21 bits per heavy atom. The van der Waals surface area contributed by atoms with Crippen molar-refractivity contribution in [2.75, 3.05) is 11.9 Å². The second-order valence-electron chi connectivity index (χ2n) is 7.66. The number of amides is 1. The number of aromatic nitrogens is 5. The number of rotatable bonds is 8. The van der Waals surface area contributed by atoms with Crippen LogP contribution in [0.3, 0.4) is 0 Å². The van der Waals surface area contributed by atoms with Crippen molar-refractivity contribution in [1.29, 1.82) is 0 Å². The van der Waals surface area contributed by atoms with Crippen LogP contribution in [-0.4, -0.2) is 49.9 Å². The summed E-state index contributed by atoms with van der Waals surface area (Å²) in [6.07, 6.45) is 2.07. The number of hydrogen-bond acceptors (Lipinski definition) is 7. The molecule has 2 N–H and O–H groups in total. The molecule has 4 rings (SSSR count). The number of carbonyl (C=O) groups is 1. The molecule has 0 radical (unpaired) electrons. The third kappa shape index (κ3) is 5.44. The molecule has 0 spiro atoms. The van der Waals surface area contributed by atoms with Gasteiger partial charge in [0.25, 0.3) is 5.91 Å². The molecule has 0 saturated heterocycles. The number of halogens is 1. The molecule has 0 fully saturated rings. The smallest absolute Gasteiger partial charge is 0.269 e. The van der Waals surface area contributed by atoms with Gasteiger partial charge in [0.2, 0.25) is 12.0 Å². The Labute approximate surface area is 195 Å². The summed E-state index contributed by atoms with van der Waals surface area (Å²) < 4.78 is 11.8. The van der Waals surface area contributed by atoms with Gasteiger partial charge in [0.15, 0.2) is 11.5 Å². The Bertz CT molecular complexity index is 1280. The molecule has 1 amide bonds. The van der Waals surface area contributed by atoms with Gasteiger partial charge in [-0.25, -0.2) is 9.97 Å². The zero-order valence-corrected chi connectivity index (χ0v) is 19.1. The second-order valence-corrected chi connectivity index (χ2v) is 8.07. The Hall–Kier alpha value is -3.56. The van der Waals surface area contributed by atoms with E-state index in [0.29, 0.717) is 33.3 Å². The number of nitrogens with one attached hydrogen (secondary N) is 2. The summed E-state index contributed by atoms with van der Waals surface area (Å²) in [6, 6.07) is 10.8. The Morgan fingerprint density at radius 2 is 2.03 bits per heavy atom. The van der Waals surface area contributed by atoms with Crippen molar-refractivity contribution >= 4 is 34.4 Å². The molecule has 9 nitrogen and oxygen atoms in total. The minimum atomic E-state index is -0.998. The molecule has 3 heterocycles. The van der Waals surface area contributed by atoms with Gasteiger partial charge in [-0.05, 0) is 50.6 Å². The number of nitrogens with zero attached hydrogens (tertiary/aromatic N) is 4. The number of anilines is 1. The molecule has 1 atom stereocenters. The standard InChI is InChI=1S/C23H23ClN6O3/c1-13(2)32-12-18(22(31)27-19-10-14(3)8-9-25-19)33-23-16-11-26-30-21(16)28-20(29-23)15-6-4-5-7-17(15)24/h4-11,13,18H,12H2,1-3H3,(H,25,27,31)(H,26,28,29,30). The molecule has 1 unspecified atom stereocenters. The topological polar surface area (TPSA) is 115 Å². The van der Waals surface area contributed by atoms with E-state index in [2.05, 4.69) is 30.5 Å². The predicted octanol–water partition coefficient (Wildman–Crippen LogP) is 4.19. The highest BCUT2D eigenvalue weighted by Crippen LogP contribution is 2.30. The maximum atomic E-state index is 13.1. The lowest BCUT2D eigenvalue weighted by Gasteiger charge is -2.20. The Kier molecular flexibility index (Phi) is 6.81. The number of aromatic amines is 1. The summed E-state index contributed by atoms with van der Waals surface area (Å²) in [7, 11) is 0. The van der Waals surface area contributed by atoms with Crippen LogP contribution in [-0.2, 0) is 9.53 Å². The summed E-state index contributed by atoms with van der Waals surface area (Å²) in [5, 5.41) is 10.7. The minimum absolute atomic E-state index is 0.0140. The van der Waals surface area contributed by atoms with Crippen molar-refractivity contribution < 1.29 is 14.3 Å². The first-order valence-electron chi connectivity index (χ1n) is 10.4. The van der Waals surface area contributed by atoms with Crippen LogP contribution in [0, 0.1) is 6.92 Å². The molecular weight excluding hydrogens is 444 g/mol. The maximum absolute atomic E-state index is 13.1. The summed E-state index contributed by atoms with van der Waals surface area (Å²) in [5.74, 6) is 0.541. The van der Waals surface area contributed by atoms with Crippen LogP contribution in [0.25, 0.3) is 22.4 Å². The SMILES string of the molecule is Cc1ccnc(NC(=O)C(COC(C)C)Oc2nc(-c3ccccc3Cl)nc3[nH]ncc23)c1. The summed E-state index contributed by atoms with van der Waals surface area (Å²) in [4.78, 5) is 26.3. The molecule has 0 saturated carbocycles. The minimum Gasteiger partial charge on any atom is -0.461 e. The maximum Gasteiger partial charge on any atom is 0.269 e. The quantitative estimate of drug-likeness (QED) is 0.400. The molecule has 4 aromatic rings. The van der Waals surface area contributed by atoms with Crippen molar-refractivity contribution in [2.45, 2.75) is 33.0 Å². The van der Waals surface area contributed by atoms with Crippen molar-refractivity contribution in [3.05, 3.63) is 59.4 Å². The van der Waals surface area contributed by atoms with E-state index in [1.54, 1.807) is 30.6 Å². The third-order valence-electron chi connectivity index (χ3n) is 4.68. The Balaban J connectivity index is 1.67. The molecular formula is C23H23ClN6O3. The van der Waals surface area contributed by atoms with E-state index in [9.17, 15) is 4.79 Å². The van der Waals surface area contributed by atoms with Gasteiger partial charge in [-0.1, -0.05) is 23.7 Å². The number of benzene rings is 1. The highest BCUT2D eigenvalue weighted by atomic mass is 35.5. The van der Waals surface area contributed by atoms with E-state index in [0.717, 1.165) is 5.56 Å². The number of fused-ring (bicyclic) bond motifs is 1. The molecule has 1 aromatic carbocycles. The first-order chi connectivity index (χ1) is 15.9. The zero-order chi connectivity index (χ0) is 23.4. The van der Waals surface area contributed by atoms with Gasteiger partial charge in [-0.3, -0.25) is 9.89 Å². The van der Waals surface area contributed by atoms with Crippen LogP contribution in [0.5, 0.6) is 5.88 Å². The molecule has 10 heteroatoms. The lowest BCUT2D eigenvalue weighted by Crippen LogP contribution is -2.38. The number of aryl methyl sites for hydroxylation is 1.